The Hall–Kier alpha value is -1.80. The van der Waals surface area contributed by atoms with E-state index in [9.17, 15) is 0 Å². The fraction of sp³-hybridized carbons (Fsp3) is 0.200. The molecule has 0 unspecified atom stereocenters. The van der Waals surface area contributed by atoms with Crippen LogP contribution in [-0.4, -0.2) is 12.0 Å². The Kier molecular flexibility index (Phi) is 5.40. The zero-order chi connectivity index (χ0) is 15.2. The van der Waals surface area contributed by atoms with Crippen LogP contribution in [0.1, 0.15) is 16.8 Å². The van der Waals surface area contributed by atoms with Gasteiger partial charge in [-0.25, -0.2) is 4.98 Å². The fourth-order valence-corrected chi connectivity index (χ4v) is 2.49. The first kappa shape index (κ1) is 15.6. The molecule has 4 nitrogen and oxygen atoms in total. The second kappa shape index (κ2) is 7.28. The lowest BCUT2D eigenvalue weighted by Gasteiger charge is -2.14. The minimum atomic E-state index is 0.217. The topological polar surface area (TPSA) is 57.9 Å². The molecule has 0 bridgehead atoms. The van der Waals surface area contributed by atoms with Crippen LogP contribution >= 0.6 is 23.2 Å². The molecule has 1 heterocycles. The summed E-state index contributed by atoms with van der Waals surface area (Å²) < 4.78 is 5.78. The van der Waals surface area contributed by atoms with E-state index in [1.165, 1.54) is 0 Å². The van der Waals surface area contributed by atoms with E-state index in [4.69, 9.17) is 33.2 Å². The first-order valence-electron chi connectivity index (χ1n) is 6.25. The second-order valence-corrected chi connectivity index (χ2v) is 5.16. The quantitative estimate of drug-likeness (QED) is 0.914. The van der Waals surface area contributed by atoms with Gasteiger partial charge < -0.3 is 10.1 Å². The van der Waals surface area contributed by atoms with Crippen LogP contribution in [0.25, 0.3) is 0 Å². The molecule has 0 saturated carbocycles. The number of nitriles is 1. The molecule has 108 valence electrons. The van der Waals surface area contributed by atoms with Gasteiger partial charge in [0.1, 0.15) is 24.1 Å². The van der Waals surface area contributed by atoms with E-state index in [1.807, 2.05) is 13.1 Å². The first-order chi connectivity index (χ1) is 10.2. The van der Waals surface area contributed by atoms with Crippen molar-refractivity contribution in [1.82, 2.24) is 10.3 Å². The molecular weight excluding hydrogens is 309 g/mol. The number of ether oxygens (including phenoxy) is 1. The Morgan fingerprint density at radius 1 is 1.33 bits per heavy atom. The Bertz CT molecular complexity index is 683. The fourth-order valence-electron chi connectivity index (χ4n) is 1.90. The monoisotopic (exact) mass is 321 g/mol. The predicted octanol–water partition coefficient (Wildman–Crippen LogP) is 3.56. The van der Waals surface area contributed by atoms with Crippen molar-refractivity contribution in [3.05, 3.63) is 57.3 Å². The summed E-state index contributed by atoms with van der Waals surface area (Å²) in [5.74, 6) is 0.558. The third-order valence-corrected chi connectivity index (χ3v) is 3.32. The zero-order valence-electron chi connectivity index (χ0n) is 11.4. The molecule has 0 spiro atoms. The summed E-state index contributed by atoms with van der Waals surface area (Å²) in [7, 11) is 1.83. The Morgan fingerprint density at radius 3 is 2.86 bits per heavy atom. The number of pyridine rings is 1. The highest BCUT2D eigenvalue weighted by molar-refractivity contribution is 6.35. The Balaban J connectivity index is 2.26. The van der Waals surface area contributed by atoms with Crippen LogP contribution in [-0.2, 0) is 13.2 Å². The summed E-state index contributed by atoms with van der Waals surface area (Å²) in [5, 5.41) is 13.1. The summed E-state index contributed by atoms with van der Waals surface area (Å²) in [6, 6.07) is 9.03. The Morgan fingerprint density at radius 2 is 2.14 bits per heavy atom. The van der Waals surface area contributed by atoms with Crippen LogP contribution in [0.15, 0.2) is 30.5 Å². The maximum atomic E-state index is 9.02. The molecule has 0 aliphatic rings. The number of halogens is 2. The van der Waals surface area contributed by atoms with Gasteiger partial charge in [-0.15, -0.1) is 0 Å². The van der Waals surface area contributed by atoms with Gasteiger partial charge in [0.05, 0.1) is 5.02 Å². The smallest absolute Gasteiger partial charge is 0.147 e. The van der Waals surface area contributed by atoms with E-state index in [2.05, 4.69) is 10.3 Å². The average molecular weight is 322 g/mol. The minimum Gasteiger partial charge on any atom is -0.487 e. The predicted molar refractivity (Wildman–Crippen MR) is 82.5 cm³/mol. The maximum Gasteiger partial charge on any atom is 0.147 e. The number of nitrogens with one attached hydrogen (secondary N) is 1. The molecule has 0 aliphatic carbocycles. The third kappa shape index (κ3) is 3.85. The molecule has 0 aliphatic heterocycles. The van der Waals surface area contributed by atoms with Crippen molar-refractivity contribution in [3.8, 4) is 11.8 Å². The van der Waals surface area contributed by atoms with Crippen LogP contribution in [0.4, 0.5) is 0 Å². The molecule has 2 rings (SSSR count). The lowest BCUT2D eigenvalue weighted by Crippen LogP contribution is -2.08. The Labute approximate surface area is 133 Å². The number of benzene rings is 1. The molecule has 0 saturated heterocycles. The SMILES string of the molecule is CNCc1cc(Cl)cc(Cl)c1OCc1cccnc1C#N. The highest BCUT2D eigenvalue weighted by Gasteiger charge is 2.12. The standard InChI is InChI=1S/C15H13Cl2N3O/c1-19-8-11-5-12(16)6-13(17)15(11)21-9-10-3-2-4-20-14(10)7-18/h2-6,19H,8-9H2,1H3. The molecule has 0 atom stereocenters. The number of nitrogens with zero attached hydrogens (tertiary/aromatic N) is 2. The summed E-state index contributed by atoms with van der Waals surface area (Å²) in [4.78, 5) is 4.00. The van der Waals surface area contributed by atoms with Crippen molar-refractivity contribution in [2.24, 2.45) is 0 Å². The van der Waals surface area contributed by atoms with Gasteiger partial charge in [-0.3, -0.25) is 0 Å². The second-order valence-electron chi connectivity index (χ2n) is 4.32. The first-order valence-corrected chi connectivity index (χ1v) is 7.00. The van der Waals surface area contributed by atoms with Crippen molar-refractivity contribution < 1.29 is 4.74 Å². The molecule has 0 radical (unpaired) electrons. The third-order valence-electron chi connectivity index (χ3n) is 2.82. The lowest BCUT2D eigenvalue weighted by atomic mass is 10.2. The molecule has 21 heavy (non-hydrogen) atoms. The van der Waals surface area contributed by atoms with E-state index in [0.29, 0.717) is 33.6 Å². The molecule has 1 aromatic carbocycles. The van der Waals surface area contributed by atoms with Crippen molar-refractivity contribution in [3.63, 3.8) is 0 Å². The molecule has 0 fully saturated rings. The number of rotatable bonds is 5. The summed E-state index contributed by atoms with van der Waals surface area (Å²) in [5.41, 5.74) is 1.91. The normalized spacial score (nSPS) is 10.2. The van der Waals surface area contributed by atoms with Gasteiger partial charge in [0.25, 0.3) is 0 Å². The van der Waals surface area contributed by atoms with E-state index < -0.39 is 0 Å². The average Bonchev–Trinajstić information content (AvgIpc) is 2.47. The van der Waals surface area contributed by atoms with E-state index in [0.717, 1.165) is 5.56 Å². The van der Waals surface area contributed by atoms with Crippen LogP contribution in [0, 0.1) is 11.3 Å². The van der Waals surface area contributed by atoms with Gasteiger partial charge in [-0.2, -0.15) is 5.26 Å². The highest BCUT2D eigenvalue weighted by Crippen LogP contribution is 2.33. The minimum absolute atomic E-state index is 0.217. The number of hydrogen-bond donors (Lipinski definition) is 1. The summed E-state index contributed by atoms with van der Waals surface area (Å²) in [6.45, 7) is 0.794. The van der Waals surface area contributed by atoms with Gasteiger partial charge in [0.15, 0.2) is 0 Å². The van der Waals surface area contributed by atoms with Gasteiger partial charge in [0, 0.05) is 28.9 Å². The van der Waals surface area contributed by atoms with Crippen molar-refractivity contribution in [1.29, 1.82) is 5.26 Å². The van der Waals surface area contributed by atoms with Crippen LogP contribution < -0.4 is 10.1 Å². The van der Waals surface area contributed by atoms with E-state index >= 15 is 0 Å². The van der Waals surface area contributed by atoms with E-state index in [1.54, 1.807) is 30.5 Å². The maximum absolute atomic E-state index is 9.02. The van der Waals surface area contributed by atoms with Gasteiger partial charge >= 0.3 is 0 Å². The molecule has 6 heteroatoms. The van der Waals surface area contributed by atoms with E-state index in [-0.39, 0.29) is 6.61 Å². The molecule has 2 aromatic rings. The molecule has 1 aromatic heterocycles. The van der Waals surface area contributed by atoms with Gasteiger partial charge in [0.2, 0.25) is 0 Å². The largest absolute Gasteiger partial charge is 0.487 e. The van der Waals surface area contributed by atoms with Gasteiger partial charge in [-0.05, 0) is 25.2 Å². The van der Waals surface area contributed by atoms with Crippen molar-refractivity contribution >= 4 is 23.2 Å². The van der Waals surface area contributed by atoms with Gasteiger partial charge in [-0.1, -0.05) is 29.3 Å². The van der Waals surface area contributed by atoms with Crippen molar-refractivity contribution in [2.45, 2.75) is 13.2 Å². The van der Waals surface area contributed by atoms with Crippen LogP contribution in [0.5, 0.6) is 5.75 Å². The summed E-state index contributed by atoms with van der Waals surface area (Å²) >= 11 is 12.2. The van der Waals surface area contributed by atoms with Crippen molar-refractivity contribution in [2.75, 3.05) is 7.05 Å². The summed E-state index contributed by atoms with van der Waals surface area (Å²) in [6.07, 6.45) is 1.57. The highest BCUT2D eigenvalue weighted by atomic mass is 35.5. The molecular formula is C15H13Cl2N3O. The lowest BCUT2D eigenvalue weighted by molar-refractivity contribution is 0.302. The van der Waals surface area contributed by atoms with Crippen LogP contribution in [0.3, 0.4) is 0 Å². The van der Waals surface area contributed by atoms with Crippen LogP contribution in [0.2, 0.25) is 10.0 Å². The molecule has 1 N–H and O–H groups in total. The zero-order valence-corrected chi connectivity index (χ0v) is 12.9. The number of aromatic nitrogens is 1. The number of hydrogen-bond acceptors (Lipinski definition) is 4. The molecule has 0 amide bonds.